The van der Waals surface area contributed by atoms with Gasteiger partial charge in [0.2, 0.25) is 0 Å². The largest absolute Gasteiger partial charge is 0.358 e. The summed E-state index contributed by atoms with van der Waals surface area (Å²) in [5, 5.41) is 0.187. The number of fused-ring (bicyclic) bond motifs is 1. The Morgan fingerprint density at radius 2 is 1.83 bits per heavy atom. The number of aryl methyl sites for hydroxylation is 2. The van der Waals surface area contributed by atoms with Crippen molar-refractivity contribution in [2.45, 2.75) is 26.8 Å². The number of aromatic nitrogens is 4. The van der Waals surface area contributed by atoms with Gasteiger partial charge in [-0.05, 0) is 39.0 Å². The molecular weight excluding hydrogens is 480 g/mol. The highest BCUT2D eigenvalue weighted by Crippen LogP contribution is 2.30. The first-order valence-electron chi connectivity index (χ1n) is 11.7. The van der Waals surface area contributed by atoms with Crippen molar-refractivity contribution in [1.82, 2.24) is 29.7 Å². The fourth-order valence-electron chi connectivity index (χ4n) is 4.56. The highest BCUT2D eigenvalue weighted by molar-refractivity contribution is 6.45. The number of H-pyrrole nitrogens is 2. The van der Waals surface area contributed by atoms with E-state index in [1.165, 1.54) is 11.1 Å². The maximum atomic E-state index is 13.3. The predicted molar refractivity (Wildman–Crippen MR) is 136 cm³/mol. The Labute approximate surface area is 212 Å². The first-order valence-corrected chi connectivity index (χ1v) is 12.0. The minimum Gasteiger partial charge on any atom is -0.358 e. The molecule has 1 aliphatic rings. The fourth-order valence-corrected chi connectivity index (χ4v) is 4.75. The standard InChI is InChI=1S/C26H25ClN6O3/c1-14-13-32(25(35)17-7-5-4-6-8-17)9-10-33(14)26(36)23(34)19-12-28-21-18(11-20(27)31-22(19)21)24-29-15(2)16(3)30-24/h4-8,11-12,14,28H,9-10,13H2,1-3H3,(H,29,30)/t14-/m1/s1. The monoisotopic (exact) mass is 504 g/mol. The molecule has 1 aromatic carbocycles. The van der Waals surface area contributed by atoms with Crippen LogP contribution in [0.15, 0.2) is 42.6 Å². The molecule has 5 rings (SSSR count). The Kier molecular flexibility index (Phi) is 6.09. The molecule has 4 heterocycles. The van der Waals surface area contributed by atoms with E-state index in [0.717, 1.165) is 11.4 Å². The van der Waals surface area contributed by atoms with E-state index in [2.05, 4.69) is 19.9 Å². The van der Waals surface area contributed by atoms with E-state index in [4.69, 9.17) is 11.6 Å². The number of hydrogen-bond acceptors (Lipinski definition) is 5. The molecule has 0 radical (unpaired) electrons. The van der Waals surface area contributed by atoms with E-state index in [9.17, 15) is 14.4 Å². The third-order valence-electron chi connectivity index (χ3n) is 6.62. The van der Waals surface area contributed by atoms with Crippen molar-refractivity contribution in [3.63, 3.8) is 0 Å². The highest BCUT2D eigenvalue weighted by Gasteiger charge is 2.34. The Balaban J connectivity index is 1.38. The van der Waals surface area contributed by atoms with Gasteiger partial charge in [0.15, 0.2) is 0 Å². The van der Waals surface area contributed by atoms with Crippen molar-refractivity contribution in [1.29, 1.82) is 0 Å². The van der Waals surface area contributed by atoms with Gasteiger partial charge in [-0.1, -0.05) is 29.8 Å². The summed E-state index contributed by atoms with van der Waals surface area (Å²) in [6, 6.07) is 10.4. The molecule has 1 fully saturated rings. The number of aromatic amines is 2. The van der Waals surface area contributed by atoms with Crippen LogP contribution < -0.4 is 0 Å². The lowest BCUT2D eigenvalue weighted by Crippen LogP contribution is -2.56. The number of halogens is 1. The van der Waals surface area contributed by atoms with Gasteiger partial charge in [-0.25, -0.2) is 9.97 Å². The molecule has 0 saturated carbocycles. The number of carbonyl (C=O) groups is 3. The quantitative estimate of drug-likeness (QED) is 0.249. The Bertz CT molecular complexity index is 1470. The topological polar surface area (TPSA) is 115 Å². The number of hydrogen-bond donors (Lipinski definition) is 2. The van der Waals surface area contributed by atoms with Crippen LogP contribution in [0, 0.1) is 13.8 Å². The maximum absolute atomic E-state index is 13.3. The zero-order chi connectivity index (χ0) is 25.6. The molecule has 2 N–H and O–H groups in total. The number of rotatable bonds is 4. The number of Topliss-reactive ketones (excluding diaryl/α,β-unsaturated/α-hetero) is 1. The van der Waals surface area contributed by atoms with Crippen LogP contribution in [-0.4, -0.2) is 73.0 Å². The molecule has 0 spiro atoms. The lowest BCUT2D eigenvalue weighted by molar-refractivity contribution is -0.130. The Morgan fingerprint density at radius 1 is 1.08 bits per heavy atom. The Morgan fingerprint density at radius 3 is 2.50 bits per heavy atom. The summed E-state index contributed by atoms with van der Waals surface area (Å²) >= 11 is 6.29. The number of nitrogens with zero attached hydrogens (tertiary/aromatic N) is 4. The van der Waals surface area contributed by atoms with Crippen molar-refractivity contribution in [3.05, 3.63) is 70.3 Å². The van der Waals surface area contributed by atoms with E-state index in [1.54, 1.807) is 23.1 Å². The number of ketones is 1. The van der Waals surface area contributed by atoms with Gasteiger partial charge in [0.25, 0.3) is 17.6 Å². The van der Waals surface area contributed by atoms with E-state index in [1.807, 2.05) is 39.0 Å². The smallest absolute Gasteiger partial charge is 0.295 e. The number of piperazine rings is 1. The van der Waals surface area contributed by atoms with Gasteiger partial charge in [0.05, 0.1) is 16.8 Å². The first-order chi connectivity index (χ1) is 17.2. The normalized spacial score (nSPS) is 15.9. The van der Waals surface area contributed by atoms with Crippen LogP contribution in [0.4, 0.5) is 0 Å². The fraction of sp³-hybridized carbons (Fsp3) is 0.269. The van der Waals surface area contributed by atoms with Crippen LogP contribution >= 0.6 is 11.6 Å². The minimum atomic E-state index is -0.677. The lowest BCUT2D eigenvalue weighted by Gasteiger charge is -2.39. The van der Waals surface area contributed by atoms with Crippen molar-refractivity contribution in [3.8, 4) is 11.4 Å². The lowest BCUT2D eigenvalue weighted by atomic mass is 10.1. The van der Waals surface area contributed by atoms with Crippen molar-refractivity contribution < 1.29 is 14.4 Å². The van der Waals surface area contributed by atoms with E-state index >= 15 is 0 Å². The molecule has 2 amide bonds. The van der Waals surface area contributed by atoms with Gasteiger partial charge in [0.1, 0.15) is 16.5 Å². The Hall–Kier alpha value is -3.98. The molecule has 36 heavy (non-hydrogen) atoms. The number of carbonyl (C=O) groups excluding carboxylic acids is 3. The second kappa shape index (κ2) is 9.23. The summed E-state index contributed by atoms with van der Waals surface area (Å²) in [6.45, 7) is 6.59. The zero-order valence-electron chi connectivity index (χ0n) is 20.1. The molecule has 4 aromatic rings. The maximum Gasteiger partial charge on any atom is 0.295 e. The summed E-state index contributed by atoms with van der Waals surface area (Å²) in [4.78, 5) is 57.8. The van der Waals surface area contributed by atoms with Crippen LogP contribution in [0.2, 0.25) is 5.15 Å². The summed E-state index contributed by atoms with van der Waals surface area (Å²) < 4.78 is 0. The number of benzene rings is 1. The van der Waals surface area contributed by atoms with Gasteiger partial charge in [-0.15, -0.1) is 0 Å². The molecule has 0 bridgehead atoms. The highest BCUT2D eigenvalue weighted by atomic mass is 35.5. The minimum absolute atomic E-state index is 0.0905. The second-order valence-corrected chi connectivity index (χ2v) is 9.40. The van der Waals surface area contributed by atoms with Crippen molar-refractivity contribution in [2.24, 2.45) is 0 Å². The molecule has 0 unspecified atom stereocenters. The molecule has 184 valence electrons. The van der Waals surface area contributed by atoms with Crippen LogP contribution in [0.5, 0.6) is 0 Å². The second-order valence-electron chi connectivity index (χ2n) is 9.01. The average molecular weight is 505 g/mol. The first kappa shape index (κ1) is 23.7. The van der Waals surface area contributed by atoms with E-state index in [-0.39, 0.29) is 29.2 Å². The van der Waals surface area contributed by atoms with E-state index in [0.29, 0.717) is 41.1 Å². The van der Waals surface area contributed by atoms with Crippen molar-refractivity contribution in [2.75, 3.05) is 19.6 Å². The number of amides is 2. The van der Waals surface area contributed by atoms with E-state index < -0.39 is 11.7 Å². The molecule has 10 heteroatoms. The zero-order valence-corrected chi connectivity index (χ0v) is 20.9. The number of pyridine rings is 1. The summed E-state index contributed by atoms with van der Waals surface area (Å²) in [5.41, 5.74) is 4.05. The molecule has 9 nitrogen and oxygen atoms in total. The summed E-state index contributed by atoms with van der Waals surface area (Å²) in [5.74, 6) is -0.807. The average Bonchev–Trinajstić information content (AvgIpc) is 3.45. The van der Waals surface area contributed by atoms with Crippen LogP contribution in [0.3, 0.4) is 0 Å². The molecule has 1 aliphatic heterocycles. The number of nitrogens with one attached hydrogen (secondary N) is 2. The third kappa shape index (κ3) is 4.15. The summed E-state index contributed by atoms with van der Waals surface area (Å²) in [6.07, 6.45) is 1.49. The van der Waals surface area contributed by atoms with Crippen LogP contribution in [0.25, 0.3) is 22.4 Å². The van der Waals surface area contributed by atoms with Gasteiger partial charge in [0, 0.05) is 48.7 Å². The van der Waals surface area contributed by atoms with Crippen LogP contribution in [0.1, 0.15) is 39.0 Å². The summed E-state index contributed by atoms with van der Waals surface area (Å²) in [7, 11) is 0. The SMILES string of the molecule is Cc1nc(-c2cc(Cl)nc3c(C(=O)C(=O)N4CCN(C(=O)c5ccccc5)C[C@H]4C)c[nH]c23)[nH]c1C. The molecule has 1 saturated heterocycles. The van der Waals surface area contributed by atoms with Gasteiger partial charge >= 0.3 is 0 Å². The molecule has 1 atom stereocenters. The molecule has 0 aliphatic carbocycles. The molecule has 3 aromatic heterocycles. The van der Waals surface area contributed by atoms with Crippen molar-refractivity contribution >= 4 is 40.2 Å². The molecular formula is C26H25ClN6O3. The van der Waals surface area contributed by atoms with Gasteiger partial charge in [-0.3, -0.25) is 14.4 Å². The predicted octanol–water partition coefficient (Wildman–Crippen LogP) is 3.78. The van der Waals surface area contributed by atoms with Gasteiger partial charge < -0.3 is 19.8 Å². The van der Waals surface area contributed by atoms with Crippen LogP contribution in [-0.2, 0) is 4.79 Å². The van der Waals surface area contributed by atoms with Gasteiger partial charge in [-0.2, -0.15) is 0 Å². The third-order valence-corrected chi connectivity index (χ3v) is 6.82. The number of imidazole rings is 1.